The van der Waals surface area contributed by atoms with Crippen molar-refractivity contribution >= 4 is 0 Å². The molecule has 12 nitrogen and oxygen atoms in total. The summed E-state index contributed by atoms with van der Waals surface area (Å²) in [5.41, 5.74) is 21.1. The van der Waals surface area contributed by atoms with E-state index < -0.39 is 0 Å². The molecule has 12 heteroatoms. The van der Waals surface area contributed by atoms with E-state index in [4.69, 9.17) is 38.2 Å². The molecule has 0 aromatic carbocycles. The number of hydrazine groups is 1. The first-order valence-corrected chi connectivity index (χ1v) is 9.97. The first-order valence-electron chi connectivity index (χ1n) is 9.97. The van der Waals surface area contributed by atoms with E-state index in [0.717, 1.165) is 0 Å². The Kier molecular flexibility index (Phi) is 17.2. The zero-order valence-electron chi connectivity index (χ0n) is 17.6. The van der Waals surface area contributed by atoms with E-state index in [2.05, 4.69) is 15.7 Å². The van der Waals surface area contributed by atoms with Gasteiger partial charge in [0.25, 0.3) is 0 Å². The molecule has 174 valence electrons. The van der Waals surface area contributed by atoms with Crippen molar-refractivity contribution in [2.75, 3.05) is 59.1 Å². The molecule has 0 spiro atoms. The van der Waals surface area contributed by atoms with E-state index >= 15 is 0 Å². The van der Waals surface area contributed by atoms with Crippen LogP contribution in [0.5, 0.6) is 0 Å². The fourth-order valence-electron chi connectivity index (χ4n) is 2.40. The molecule has 30 heavy (non-hydrogen) atoms. The maximum atomic E-state index is 8.89. The summed E-state index contributed by atoms with van der Waals surface area (Å²) in [5, 5.41) is 37.6. The monoisotopic (exact) mass is 429 g/mol. The van der Waals surface area contributed by atoms with Crippen LogP contribution in [0.25, 0.3) is 0 Å². The van der Waals surface area contributed by atoms with E-state index in [9.17, 15) is 0 Å². The Balaban J connectivity index is 5.09. The zero-order valence-corrected chi connectivity index (χ0v) is 17.6. The molecule has 0 unspecified atom stereocenters. The van der Waals surface area contributed by atoms with E-state index in [0.29, 0.717) is 75.6 Å². The summed E-state index contributed by atoms with van der Waals surface area (Å²) in [6, 6.07) is 0. The highest BCUT2D eigenvalue weighted by atomic mass is 16.3. The largest absolute Gasteiger partial charge is 0.400 e. The SMILES string of the molecule is N=N/C(=C\NCCCO)CN(C/C(N)=C/NCCCO)C/C(N)=C/N(N)CCCO. The third-order valence-corrected chi connectivity index (χ3v) is 3.76. The zero-order chi connectivity index (χ0) is 22.6. The van der Waals surface area contributed by atoms with E-state index in [1.165, 1.54) is 5.01 Å². The first-order chi connectivity index (χ1) is 14.5. The third kappa shape index (κ3) is 15.5. The van der Waals surface area contributed by atoms with E-state index in [-0.39, 0.29) is 19.8 Å². The lowest BCUT2D eigenvalue weighted by atomic mass is 10.3. The molecule has 0 saturated heterocycles. The number of nitrogens with one attached hydrogen (secondary N) is 3. The molecule has 0 aliphatic heterocycles. The lowest BCUT2D eigenvalue weighted by Gasteiger charge is -2.23. The maximum absolute atomic E-state index is 8.89. The van der Waals surface area contributed by atoms with Gasteiger partial charge in [-0.3, -0.25) is 4.90 Å². The highest BCUT2D eigenvalue weighted by molar-refractivity contribution is 5.07. The van der Waals surface area contributed by atoms with Gasteiger partial charge in [0.15, 0.2) is 0 Å². The fourth-order valence-corrected chi connectivity index (χ4v) is 2.40. The second-order valence-electron chi connectivity index (χ2n) is 6.69. The van der Waals surface area contributed by atoms with Gasteiger partial charge in [0.2, 0.25) is 0 Å². The minimum atomic E-state index is 0.0423. The van der Waals surface area contributed by atoms with Gasteiger partial charge in [0.05, 0.1) is 5.70 Å². The Morgan fingerprint density at radius 1 is 0.867 bits per heavy atom. The lowest BCUT2D eigenvalue weighted by Crippen LogP contribution is -2.36. The molecule has 0 aromatic heterocycles. The second-order valence-corrected chi connectivity index (χ2v) is 6.69. The number of aliphatic hydroxyl groups excluding tert-OH is 3. The minimum absolute atomic E-state index is 0.0423. The summed E-state index contributed by atoms with van der Waals surface area (Å²) in [7, 11) is 0. The van der Waals surface area contributed by atoms with Gasteiger partial charge in [-0.05, 0) is 19.3 Å². The van der Waals surface area contributed by atoms with Crippen molar-refractivity contribution in [1.29, 1.82) is 5.53 Å². The van der Waals surface area contributed by atoms with Gasteiger partial charge in [-0.25, -0.2) is 11.4 Å². The maximum Gasteiger partial charge on any atom is 0.0920 e. The van der Waals surface area contributed by atoms with Crippen LogP contribution in [0.3, 0.4) is 0 Å². The smallest absolute Gasteiger partial charge is 0.0920 e. The number of rotatable bonds is 19. The molecule has 0 atom stereocenters. The molecular formula is C18H39N9O3. The van der Waals surface area contributed by atoms with Crippen LogP contribution in [0.1, 0.15) is 19.3 Å². The number of nitrogens with two attached hydrogens (primary N) is 3. The first kappa shape index (κ1) is 27.6. The Morgan fingerprint density at radius 2 is 1.43 bits per heavy atom. The van der Waals surface area contributed by atoms with Gasteiger partial charge in [-0.1, -0.05) is 0 Å². The van der Waals surface area contributed by atoms with Crippen LogP contribution >= 0.6 is 0 Å². The topological polar surface area (TPSA) is 206 Å². The van der Waals surface area contributed by atoms with Crippen molar-refractivity contribution in [3.63, 3.8) is 0 Å². The van der Waals surface area contributed by atoms with Crippen LogP contribution in [0.4, 0.5) is 0 Å². The van der Waals surface area contributed by atoms with Crippen molar-refractivity contribution in [3.05, 3.63) is 35.7 Å². The van der Waals surface area contributed by atoms with Crippen LogP contribution in [-0.2, 0) is 0 Å². The van der Waals surface area contributed by atoms with Crippen molar-refractivity contribution in [3.8, 4) is 0 Å². The Morgan fingerprint density at radius 3 is 2.00 bits per heavy atom. The Hall–Kier alpha value is -2.38. The summed E-state index contributed by atoms with van der Waals surface area (Å²) in [4.78, 5) is 1.91. The fraction of sp³-hybridized carbons (Fsp3) is 0.667. The van der Waals surface area contributed by atoms with Crippen molar-refractivity contribution < 1.29 is 15.3 Å². The summed E-state index contributed by atoms with van der Waals surface area (Å²) in [6.45, 7) is 2.89. The van der Waals surface area contributed by atoms with Crippen LogP contribution in [-0.4, -0.2) is 84.3 Å². The molecule has 0 heterocycles. The number of nitrogens with zero attached hydrogens (tertiary/aromatic N) is 3. The van der Waals surface area contributed by atoms with Gasteiger partial charge in [0, 0.05) is 89.1 Å². The van der Waals surface area contributed by atoms with Gasteiger partial charge in [-0.15, -0.1) is 0 Å². The molecule has 0 radical (unpaired) electrons. The van der Waals surface area contributed by atoms with Gasteiger partial charge in [0.1, 0.15) is 0 Å². The molecule has 0 aliphatic carbocycles. The van der Waals surface area contributed by atoms with Gasteiger partial charge < -0.3 is 42.4 Å². The standard InChI is InChI=1S/C18H39N9O3/c19-16(10-23-4-1-7-28)12-26(13-17(20)14-27(22)6-3-9-30)15-18(25-21)11-24-5-2-8-29/h10-11,14,21,23-24,28-30H,1-9,12-13,15,19-20,22H2/b16-10-,17-14-,18-11-,25-21?. The summed E-state index contributed by atoms with van der Waals surface area (Å²) >= 11 is 0. The molecule has 0 amide bonds. The van der Waals surface area contributed by atoms with E-state index in [1.54, 1.807) is 18.6 Å². The molecular weight excluding hydrogens is 390 g/mol. The molecule has 0 aromatic rings. The molecule has 12 N–H and O–H groups in total. The van der Waals surface area contributed by atoms with Gasteiger partial charge in [-0.2, -0.15) is 5.11 Å². The summed E-state index contributed by atoms with van der Waals surface area (Å²) in [6.07, 6.45) is 6.65. The highest BCUT2D eigenvalue weighted by Gasteiger charge is 2.11. The van der Waals surface area contributed by atoms with Crippen LogP contribution in [0.2, 0.25) is 0 Å². The van der Waals surface area contributed by atoms with Crippen molar-refractivity contribution in [2.24, 2.45) is 22.4 Å². The highest BCUT2D eigenvalue weighted by Crippen LogP contribution is 2.05. The van der Waals surface area contributed by atoms with Gasteiger partial charge >= 0.3 is 0 Å². The summed E-state index contributed by atoms with van der Waals surface area (Å²) in [5.74, 6) is 5.84. The average molecular weight is 430 g/mol. The van der Waals surface area contributed by atoms with E-state index in [1.807, 2.05) is 4.90 Å². The Labute approximate surface area is 178 Å². The van der Waals surface area contributed by atoms with Crippen LogP contribution in [0.15, 0.2) is 40.8 Å². The number of hydrogen-bond donors (Lipinski definition) is 9. The lowest BCUT2D eigenvalue weighted by molar-refractivity contribution is 0.259. The minimum Gasteiger partial charge on any atom is -0.400 e. The normalized spacial score (nSPS) is 12.9. The average Bonchev–Trinajstić information content (AvgIpc) is 2.71. The molecule has 0 fully saturated rings. The molecule has 0 aliphatic rings. The van der Waals surface area contributed by atoms with Crippen molar-refractivity contribution in [2.45, 2.75) is 19.3 Å². The number of hydrogen-bond acceptors (Lipinski definition) is 12. The van der Waals surface area contributed by atoms with Crippen LogP contribution < -0.4 is 27.9 Å². The van der Waals surface area contributed by atoms with Crippen molar-refractivity contribution in [1.82, 2.24) is 20.5 Å². The van der Waals surface area contributed by atoms with Crippen LogP contribution in [0, 0.1) is 5.53 Å². The molecule has 0 bridgehead atoms. The molecule has 0 saturated carbocycles. The third-order valence-electron chi connectivity index (χ3n) is 3.76. The second kappa shape index (κ2) is 18.6. The quantitative estimate of drug-likeness (QED) is 0.0490. The summed E-state index contributed by atoms with van der Waals surface area (Å²) < 4.78 is 0. The predicted molar refractivity (Wildman–Crippen MR) is 116 cm³/mol. The Bertz CT molecular complexity index is 541. The predicted octanol–water partition coefficient (Wildman–Crippen LogP) is -1.74. The number of aliphatic hydroxyl groups is 3. The molecule has 0 rings (SSSR count).